The van der Waals surface area contributed by atoms with E-state index >= 15 is 0 Å². The van der Waals surface area contributed by atoms with Gasteiger partial charge in [-0.15, -0.1) is 10.2 Å². The maximum absolute atomic E-state index is 5.84. The van der Waals surface area contributed by atoms with E-state index in [9.17, 15) is 0 Å². The quantitative estimate of drug-likeness (QED) is 0.900. The fraction of sp³-hybridized carbons (Fsp3) is 0.867. The predicted molar refractivity (Wildman–Crippen MR) is 77.5 cm³/mol. The Morgan fingerprint density at radius 3 is 2.85 bits per heavy atom. The van der Waals surface area contributed by atoms with Gasteiger partial charge in [0, 0.05) is 26.1 Å². The number of fused-ring (bicyclic) bond motifs is 1. The highest BCUT2D eigenvalue weighted by Gasteiger charge is 2.34. The number of hydrogen-bond donors (Lipinski definition) is 1. The van der Waals surface area contributed by atoms with Crippen LogP contribution >= 0.6 is 0 Å². The highest BCUT2D eigenvalue weighted by Crippen LogP contribution is 2.33. The van der Waals surface area contributed by atoms with E-state index in [2.05, 4.69) is 40.9 Å². The average Bonchev–Trinajstić information content (AvgIpc) is 2.82. The number of rotatable bonds is 2. The first-order valence-electron chi connectivity index (χ1n) is 7.82. The van der Waals surface area contributed by atoms with Gasteiger partial charge in [-0.3, -0.25) is 0 Å². The lowest BCUT2D eigenvalue weighted by Crippen LogP contribution is -2.41. The molecule has 112 valence electrons. The zero-order valence-corrected chi connectivity index (χ0v) is 12.9. The summed E-state index contributed by atoms with van der Waals surface area (Å²) in [5, 5.41) is 12.5. The fourth-order valence-electron chi connectivity index (χ4n) is 3.23. The lowest BCUT2D eigenvalue weighted by Gasteiger charge is -2.34. The van der Waals surface area contributed by atoms with E-state index in [1.54, 1.807) is 0 Å². The Labute approximate surface area is 121 Å². The molecule has 5 nitrogen and oxygen atoms in total. The molecule has 0 aromatic carbocycles. The van der Waals surface area contributed by atoms with Gasteiger partial charge in [-0.1, -0.05) is 20.8 Å². The van der Waals surface area contributed by atoms with Crippen LogP contribution in [-0.4, -0.2) is 34.0 Å². The van der Waals surface area contributed by atoms with Crippen LogP contribution in [0.4, 0.5) is 0 Å². The minimum atomic E-state index is 0.157. The largest absolute Gasteiger partial charge is 0.378 e. The van der Waals surface area contributed by atoms with Crippen molar-refractivity contribution < 1.29 is 4.74 Å². The fourth-order valence-corrected chi connectivity index (χ4v) is 3.23. The Kier molecular flexibility index (Phi) is 3.82. The van der Waals surface area contributed by atoms with Crippen molar-refractivity contribution in [2.24, 2.45) is 5.41 Å². The van der Waals surface area contributed by atoms with Crippen LogP contribution < -0.4 is 5.32 Å². The standard InChI is InChI=1S/C15H26N4O/c1-15(2,3)13-14-18-17-12(19(14)8-7-16-13)10-11-6-4-5-9-20-11/h11,13,16H,4-10H2,1-3H3. The summed E-state index contributed by atoms with van der Waals surface area (Å²) < 4.78 is 8.15. The molecule has 0 amide bonds. The molecular weight excluding hydrogens is 252 g/mol. The average molecular weight is 278 g/mol. The molecule has 3 rings (SSSR count). The van der Waals surface area contributed by atoms with Gasteiger partial charge in [0.25, 0.3) is 0 Å². The molecule has 3 heterocycles. The summed E-state index contributed by atoms with van der Waals surface area (Å²) >= 11 is 0. The number of nitrogens with zero attached hydrogens (tertiary/aromatic N) is 3. The van der Waals surface area contributed by atoms with E-state index in [0.29, 0.717) is 6.10 Å². The molecule has 2 aliphatic heterocycles. The first kappa shape index (κ1) is 14.0. The molecule has 1 aromatic heterocycles. The number of hydrogen-bond acceptors (Lipinski definition) is 4. The maximum Gasteiger partial charge on any atom is 0.150 e. The van der Waals surface area contributed by atoms with Crippen molar-refractivity contribution >= 4 is 0 Å². The van der Waals surface area contributed by atoms with Crippen molar-refractivity contribution in [2.75, 3.05) is 13.2 Å². The van der Waals surface area contributed by atoms with Crippen LogP contribution in [0.15, 0.2) is 0 Å². The minimum Gasteiger partial charge on any atom is -0.378 e. The summed E-state index contributed by atoms with van der Waals surface area (Å²) in [6.45, 7) is 9.61. The van der Waals surface area contributed by atoms with Gasteiger partial charge < -0.3 is 14.6 Å². The van der Waals surface area contributed by atoms with E-state index in [-0.39, 0.29) is 11.5 Å². The van der Waals surface area contributed by atoms with Gasteiger partial charge in [-0.05, 0) is 24.7 Å². The molecule has 2 aliphatic rings. The molecule has 1 fully saturated rings. The highest BCUT2D eigenvalue weighted by molar-refractivity contribution is 5.08. The third kappa shape index (κ3) is 2.74. The second kappa shape index (κ2) is 5.45. The lowest BCUT2D eigenvalue weighted by molar-refractivity contribution is 0.0150. The SMILES string of the molecule is CC(C)(C)C1NCCn2c(CC3CCCCO3)nnc21. The molecule has 0 spiro atoms. The maximum atomic E-state index is 5.84. The van der Waals surface area contributed by atoms with Gasteiger partial charge in [0.05, 0.1) is 12.1 Å². The third-order valence-corrected chi connectivity index (χ3v) is 4.35. The molecule has 20 heavy (non-hydrogen) atoms. The summed E-state index contributed by atoms with van der Waals surface area (Å²) in [4.78, 5) is 0. The second-order valence-corrected chi connectivity index (χ2v) is 7.07. The smallest absolute Gasteiger partial charge is 0.150 e. The molecular formula is C15H26N4O. The Balaban J connectivity index is 1.79. The number of nitrogens with one attached hydrogen (secondary N) is 1. The van der Waals surface area contributed by atoms with Gasteiger partial charge in [-0.25, -0.2) is 0 Å². The van der Waals surface area contributed by atoms with Crippen LogP contribution in [0.1, 0.15) is 57.7 Å². The summed E-state index contributed by atoms with van der Waals surface area (Å²) in [6.07, 6.45) is 4.87. The first-order chi connectivity index (χ1) is 9.55. The molecule has 5 heteroatoms. The topological polar surface area (TPSA) is 52.0 Å². The van der Waals surface area contributed by atoms with E-state index in [4.69, 9.17) is 4.74 Å². The van der Waals surface area contributed by atoms with Gasteiger partial charge in [0.15, 0.2) is 5.82 Å². The molecule has 0 aliphatic carbocycles. The van der Waals surface area contributed by atoms with Crippen LogP contribution in [0.3, 0.4) is 0 Å². The first-order valence-corrected chi connectivity index (χ1v) is 7.82. The zero-order valence-electron chi connectivity index (χ0n) is 12.9. The van der Waals surface area contributed by atoms with Crippen LogP contribution in [0.2, 0.25) is 0 Å². The Hall–Kier alpha value is -0.940. The Morgan fingerprint density at radius 1 is 1.30 bits per heavy atom. The van der Waals surface area contributed by atoms with Crippen molar-refractivity contribution in [3.63, 3.8) is 0 Å². The van der Waals surface area contributed by atoms with Gasteiger partial charge in [0.2, 0.25) is 0 Å². The van der Waals surface area contributed by atoms with Gasteiger partial charge in [-0.2, -0.15) is 0 Å². The Morgan fingerprint density at radius 2 is 2.15 bits per heavy atom. The molecule has 0 radical (unpaired) electrons. The number of ether oxygens (including phenoxy) is 1. The van der Waals surface area contributed by atoms with E-state index in [0.717, 1.165) is 44.2 Å². The lowest BCUT2D eigenvalue weighted by atomic mass is 9.85. The third-order valence-electron chi connectivity index (χ3n) is 4.35. The van der Waals surface area contributed by atoms with Crippen molar-refractivity contribution in [2.45, 2.75) is 65.1 Å². The van der Waals surface area contributed by atoms with Crippen molar-refractivity contribution in [3.05, 3.63) is 11.6 Å². The molecule has 0 saturated carbocycles. The summed E-state index contributed by atoms with van der Waals surface area (Å²) in [5.74, 6) is 2.19. The zero-order chi connectivity index (χ0) is 14.2. The van der Waals surface area contributed by atoms with Crippen LogP contribution in [0, 0.1) is 5.41 Å². The number of aromatic nitrogens is 3. The van der Waals surface area contributed by atoms with E-state index in [1.807, 2.05) is 0 Å². The van der Waals surface area contributed by atoms with E-state index < -0.39 is 0 Å². The van der Waals surface area contributed by atoms with Crippen LogP contribution in [0.25, 0.3) is 0 Å². The highest BCUT2D eigenvalue weighted by atomic mass is 16.5. The monoisotopic (exact) mass is 278 g/mol. The molecule has 1 aromatic rings. The van der Waals surface area contributed by atoms with Crippen molar-refractivity contribution in [3.8, 4) is 0 Å². The van der Waals surface area contributed by atoms with Crippen molar-refractivity contribution in [1.82, 2.24) is 20.1 Å². The molecule has 1 N–H and O–H groups in total. The summed E-state index contributed by atoms with van der Waals surface area (Å²) in [5.41, 5.74) is 0.157. The van der Waals surface area contributed by atoms with Gasteiger partial charge >= 0.3 is 0 Å². The summed E-state index contributed by atoms with van der Waals surface area (Å²) in [7, 11) is 0. The van der Waals surface area contributed by atoms with E-state index in [1.165, 1.54) is 12.8 Å². The summed E-state index contributed by atoms with van der Waals surface area (Å²) in [6, 6.07) is 0.282. The minimum absolute atomic E-state index is 0.157. The second-order valence-electron chi connectivity index (χ2n) is 7.07. The predicted octanol–water partition coefficient (Wildman–Crippen LogP) is 2.08. The molecule has 2 atom stereocenters. The van der Waals surface area contributed by atoms with Crippen LogP contribution in [0.5, 0.6) is 0 Å². The van der Waals surface area contributed by atoms with Gasteiger partial charge in [0.1, 0.15) is 5.82 Å². The molecule has 1 saturated heterocycles. The van der Waals surface area contributed by atoms with Crippen molar-refractivity contribution in [1.29, 1.82) is 0 Å². The molecule has 0 bridgehead atoms. The molecule has 2 unspecified atom stereocenters. The normalized spacial score (nSPS) is 27.4. The van der Waals surface area contributed by atoms with Crippen LogP contribution in [-0.2, 0) is 17.7 Å². The Bertz CT molecular complexity index is 457.